The van der Waals surface area contributed by atoms with E-state index < -0.39 is 0 Å². The molecular weight excluding hydrogens is 292 g/mol. The second-order valence-corrected chi connectivity index (χ2v) is 5.68. The van der Waals surface area contributed by atoms with Crippen molar-refractivity contribution in [3.63, 3.8) is 0 Å². The number of carbonyl (C=O) groups excluding carboxylic acids is 1. The molecule has 1 aliphatic rings. The highest BCUT2D eigenvalue weighted by Crippen LogP contribution is 2.16. The molecule has 1 saturated heterocycles. The Bertz CT molecular complexity index is 649. The molecule has 3 rings (SSSR count). The Kier molecular flexibility index (Phi) is 3.94. The molecule has 1 fully saturated rings. The van der Waals surface area contributed by atoms with E-state index in [1.165, 1.54) is 0 Å². The molecule has 0 atom stereocenters. The Morgan fingerprint density at radius 3 is 2.90 bits per heavy atom. The van der Waals surface area contributed by atoms with E-state index in [0.29, 0.717) is 23.6 Å². The number of aromatic nitrogens is 3. The molecule has 3 N–H and O–H groups in total. The van der Waals surface area contributed by atoms with E-state index >= 15 is 0 Å². The molecule has 0 aliphatic carbocycles. The van der Waals surface area contributed by atoms with Crippen LogP contribution < -0.4 is 11.1 Å². The molecule has 0 spiro atoms. The van der Waals surface area contributed by atoms with Crippen LogP contribution in [0.2, 0.25) is 5.02 Å². The maximum atomic E-state index is 10.9. The molecule has 21 heavy (non-hydrogen) atoms. The number of pyridine rings is 1. The van der Waals surface area contributed by atoms with E-state index in [4.69, 9.17) is 17.3 Å². The van der Waals surface area contributed by atoms with Gasteiger partial charge in [-0.05, 0) is 25.0 Å². The highest BCUT2D eigenvalue weighted by Gasteiger charge is 2.21. The van der Waals surface area contributed by atoms with Crippen LogP contribution in [-0.2, 0) is 4.79 Å². The molecule has 1 aliphatic heterocycles. The van der Waals surface area contributed by atoms with Crippen molar-refractivity contribution in [2.24, 2.45) is 5.73 Å². The van der Waals surface area contributed by atoms with Gasteiger partial charge in [0, 0.05) is 25.3 Å². The molecule has 2 aromatic heterocycles. The standard InChI is InChI=1S/C13H17ClN6O/c14-9-1-2-12-17-13(18-20(12)7-9)16-10-3-5-19(6-4-10)8-11(15)21/h1-2,7,10H,3-6,8H2,(H2,15,21)(H,16,18). The first-order valence-electron chi connectivity index (χ1n) is 6.89. The summed E-state index contributed by atoms with van der Waals surface area (Å²) in [5.41, 5.74) is 5.96. The van der Waals surface area contributed by atoms with Gasteiger partial charge in [-0.25, -0.2) is 4.52 Å². The summed E-state index contributed by atoms with van der Waals surface area (Å²) < 4.78 is 1.66. The Labute approximate surface area is 127 Å². The number of nitrogens with zero attached hydrogens (tertiary/aromatic N) is 4. The van der Waals surface area contributed by atoms with Crippen molar-refractivity contribution in [2.45, 2.75) is 18.9 Å². The first-order chi connectivity index (χ1) is 10.1. The minimum atomic E-state index is -0.277. The van der Waals surface area contributed by atoms with E-state index in [9.17, 15) is 4.79 Å². The van der Waals surface area contributed by atoms with E-state index in [-0.39, 0.29) is 5.91 Å². The fourth-order valence-corrected chi connectivity index (χ4v) is 2.71. The fraction of sp³-hybridized carbons (Fsp3) is 0.462. The topological polar surface area (TPSA) is 88.5 Å². The highest BCUT2D eigenvalue weighted by atomic mass is 35.5. The number of hydrogen-bond acceptors (Lipinski definition) is 5. The summed E-state index contributed by atoms with van der Waals surface area (Å²) in [6.07, 6.45) is 3.59. The van der Waals surface area contributed by atoms with Crippen molar-refractivity contribution in [3.05, 3.63) is 23.4 Å². The van der Waals surface area contributed by atoms with Crippen LogP contribution in [0.1, 0.15) is 12.8 Å². The van der Waals surface area contributed by atoms with Gasteiger partial charge in [-0.15, -0.1) is 5.10 Å². The lowest BCUT2D eigenvalue weighted by Gasteiger charge is -2.31. The molecule has 1 amide bonds. The number of piperidine rings is 1. The van der Waals surface area contributed by atoms with Crippen molar-refractivity contribution < 1.29 is 4.79 Å². The minimum absolute atomic E-state index is 0.277. The zero-order valence-electron chi connectivity index (χ0n) is 11.5. The summed E-state index contributed by atoms with van der Waals surface area (Å²) in [7, 11) is 0. The number of halogens is 1. The van der Waals surface area contributed by atoms with Gasteiger partial charge in [0.25, 0.3) is 0 Å². The van der Waals surface area contributed by atoms with Gasteiger partial charge in [0.15, 0.2) is 5.65 Å². The van der Waals surface area contributed by atoms with E-state index in [1.807, 2.05) is 6.07 Å². The van der Waals surface area contributed by atoms with Crippen LogP contribution in [0.5, 0.6) is 0 Å². The third-order valence-corrected chi connectivity index (χ3v) is 3.82. The van der Waals surface area contributed by atoms with E-state index in [1.54, 1.807) is 16.8 Å². The Morgan fingerprint density at radius 2 is 2.19 bits per heavy atom. The Morgan fingerprint density at radius 1 is 1.43 bits per heavy atom. The number of nitrogens with one attached hydrogen (secondary N) is 1. The predicted octanol–water partition coefficient (Wildman–Crippen LogP) is 0.744. The summed E-state index contributed by atoms with van der Waals surface area (Å²) >= 11 is 5.93. The molecule has 112 valence electrons. The summed E-state index contributed by atoms with van der Waals surface area (Å²) in [5, 5.41) is 8.32. The quantitative estimate of drug-likeness (QED) is 0.870. The summed E-state index contributed by atoms with van der Waals surface area (Å²) in [4.78, 5) is 17.4. The summed E-state index contributed by atoms with van der Waals surface area (Å²) in [5.74, 6) is 0.325. The van der Waals surface area contributed by atoms with Crippen LogP contribution in [0.25, 0.3) is 5.65 Å². The summed E-state index contributed by atoms with van der Waals surface area (Å²) in [6.45, 7) is 2.03. The maximum Gasteiger partial charge on any atom is 0.243 e. The predicted molar refractivity (Wildman–Crippen MR) is 80.3 cm³/mol. The van der Waals surface area contributed by atoms with Gasteiger partial charge in [-0.2, -0.15) is 4.98 Å². The number of amides is 1. The zero-order chi connectivity index (χ0) is 14.8. The van der Waals surface area contributed by atoms with Gasteiger partial charge >= 0.3 is 0 Å². The van der Waals surface area contributed by atoms with Gasteiger partial charge < -0.3 is 11.1 Å². The minimum Gasteiger partial charge on any atom is -0.369 e. The van der Waals surface area contributed by atoms with Crippen LogP contribution in [0.15, 0.2) is 18.3 Å². The van der Waals surface area contributed by atoms with Gasteiger partial charge in [-0.1, -0.05) is 11.6 Å². The molecule has 8 heteroatoms. The second-order valence-electron chi connectivity index (χ2n) is 5.25. The number of hydrogen-bond donors (Lipinski definition) is 2. The molecule has 7 nitrogen and oxygen atoms in total. The molecule has 2 aromatic rings. The number of likely N-dealkylation sites (tertiary alicyclic amines) is 1. The highest BCUT2D eigenvalue weighted by molar-refractivity contribution is 6.30. The fourth-order valence-electron chi connectivity index (χ4n) is 2.56. The van der Waals surface area contributed by atoms with E-state index in [0.717, 1.165) is 31.6 Å². The molecule has 0 bridgehead atoms. The Balaban J connectivity index is 1.60. The van der Waals surface area contributed by atoms with Crippen molar-refractivity contribution >= 4 is 29.1 Å². The second kappa shape index (κ2) is 5.87. The average molecular weight is 309 g/mol. The van der Waals surface area contributed by atoms with E-state index in [2.05, 4.69) is 20.3 Å². The Hall–Kier alpha value is -1.86. The third-order valence-electron chi connectivity index (χ3n) is 3.60. The summed E-state index contributed by atoms with van der Waals surface area (Å²) in [6, 6.07) is 3.93. The van der Waals surface area contributed by atoms with Gasteiger partial charge in [0.1, 0.15) is 0 Å². The van der Waals surface area contributed by atoms with Crippen molar-refractivity contribution in [3.8, 4) is 0 Å². The molecular formula is C13H17ClN6O. The number of nitrogens with two attached hydrogens (primary N) is 1. The number of primary amides is 1. The number of rotatable bonds is 4. The van der Waals surface area contributed by atoms with Crippen molar-refractivity contribution in [1.82, 2.24) is 19.5 Å². The first kappa shape index (κ1) is 14.1. The molecule has 3 heterocycles. The molecule has 0 radical (unpaired) electrons. The molecule has 0 unspecified atom stereocenters. The molecule has 0 saturated carbocycles. The lowest BCUT2D eigenvalue weighted by molar-refractivity contribution is -0.119. The number of fused-ring (bicyclic) bond motifs is 1. The van der Waals surface area contributed by atoms with Crippen molar-refractivity contribution in [2.75, 3.05) is 25.0 Å². The number of anilines is 1. The van der Waals surface area contributed by atoms with Crippen molar-refractivity contribution in [1.29, 1.82) is 0 Å². The normalized spacial score (nSPS) is 17.2. The maximum absolute atomic E-state index is 10.9. The van der Waals surface area contributed by atoms with Gasteiger partial charge in [0.05, 0.1) is 11.6 Å². The molecule has 0 aromatic carbocycles. The van der Waals surface area contributed by atoms with Crippen LogP contribution in [0.4, 0.5) is 5.95 Å². The van der Waals surface area contributed by atoms with Crippen LogP contribution in [0, 0.1) is 0 Å². The van der Waals surface area contributed by atoms with Gasteiger partial charge in [-0.3, -0.25) is 9.69 Å². The SMILES string of the molecule is NC(=O)CN1CCC(Nc2nc3ccc(Cl)cn3n2)CC1. The van der Waals surface area contributed by atoms with Gasteiger partial charge in [0.2, 0.25) is 11.9 Å². The van der Waals surface area contributed by atoms with Crippen LogP contribution in [0.3, 0.4) is 0 Å². The lowest BCUT2D eigenvalue weighted by atomic mass is 10.1. The smallest absolute Gasteiger partial charge is 0.243 e. The average Bonchev–Trinajstić information content (AvgIpc) is 2.82. The largest absolute Gasteiger partial charge is 0.369 e. The lowest BCUT2D eigenvalue weighted by Crippen LogP contribution is -2.43. The zero-order valence-corrected chi connectivity index (χ0v) is 12.3. The number of carbonyl (C=O) groups is 1. The first-order valence-corrected chi connectivity index (χ1v) is 7.27. The van der Waals surface area contributed by atoms with Crippen LogP contribution >= 0.6 is 11.6 Å². The van der Waals surface area contributed by atoms with Crippen LogP contribution in [-0.4, -0.2) is 51.1 Å². The monoisotopic (exact) mass is 308 g/mol. The third kappa shape index (κ3) is 3.43.